The zero-order valence-corrected chi connectivity index (χ0v) is 3.83. The minimum Gasteiger partial charge on any atom is -0.261 e. The maximum atomic E-state index is 7.94. The van der Waals surface area contributed by atoms with E-state index in [4.69, 9.17) is 4.57 Å². The number of rotatable bonds is 0. The number of hydrogen-bond donors (Lipinski definition) is 0. The first kappa shape index (κ1) is 26.2. The van der Waals surface area contributed by atoms with Crippen LogP contribution in [0.15, 0.2) is 0 Å². The SMILES string of the molecule is O=[P].[B].[Si]. The summed E-state index contributed by atoms with van der Waals surface area (Å²) in [6, 6.07) is 0. The second-order valence-electron chi connectivity index (χ2n) is 0. The predicted octanol–water partition coefficient (Wildman–Crippen LogP) is -0.0192. The molecule has 0 aromatic carbocycles. The maximum absolute atomic E-state index is 7.94. The van der Waals surface area contributed by atoms with Crippen LogP contribution in [0.2, 0.25) is 0 Å². The molecule has 0 aliphatic carbocycles. The molecule has 4 heavy (non-hydrogen) atoms. The lowest BCUT2D eigenvalue weighted by molar-refractivity contribution is 0.607. The van der Waals surface area contributed by atoms with Gasteiger partial charge in [-0.15, -0.1) is 0 Å². The topological polar surface area (TPSA) is 17.1 Å². The van der Waals surface area contributed by atoms with Crippen LogP contribution in [0.4, 0.5) is 0 Å². The van der Waals surface area contributed by atoms with Gasteiger partial charge in [0.25, 0.3) is 9.12 Å². The highest BCUT2D eigenvalue weighted by Crippen LogP contribution is 1.23. The average molecular weight is 85.9 g/mol. The lowest BCUT2D eigenvalue weighted by Gasteiger charge is -0.754. The second-order valence-corrected chi connectivity index (χ2v) is 0. The van der Waals surface area contributed by atoms with Crippen LogP contribution in [0.25, 0.3) is 0 Å². The van der Waals surface area contributed by atoms with E-state index in [2.05, 4.69) is 9.12 Å². The Kier molecular flexibility index (Phi) is 863. The van der Waals surface area contributed by atoms with E-state index in [1.165, 1.54) is 0 Å². The zero-order chi connectivity index (χ0) is 2.00. The van der Waals surface area contributed by atoms with Crippen LogP contribution in [0.1, 0.15) is 0 Å². The van der Waals surface area contributed by atoms with Gasteiger partial charge >= 0.3 is 0 Å². The molecule has 0 saturated carbocycles. The molecule has 0 spiro atoms. The van der Waals surface area contributed by atoms with Crippen molar-refractivity contribution in [1.82, 2.24) is 0 Å². The normalized spacial score (nSPS) is 1.00. The van der Waals surface area contributed by atoms with Crippen LogP contribution in [-0.4, -0.2) is 19.4 Å². The van der Waals surface area contributed by atoms with Crippen molar-refractivity contribution in [1.29, 1.82) is 0 Å². The summed E-state index contributed by atoms with van der Waals surface area (Å²) in [6.45, 7) is 0. The summed E-state index contributed by atoms with van der Waals surface area (Å²) in [7, 11) is 2.28. The van der Waals surface area contributed by atoms with Gasteiger partial charge in [-0.3, -0.25) is 4.57 Å². The first-order valence-corrected chi connectivity index (χ1v) is 0.548. The Bertz CT molecular complexity index is 8.00. The Morgan fingerprint density at radius 1 is 1.25 bits per heavy atom. The van der Waals surface area contributed by atoms with E-state index in [0.29, 0.717) is 0 Å². The van der Waals surface area contributed by atoms with Crippen molar-refractivity contribution in [2.24, 2.45) is 0 Å². The van der Waals surface area contributed by atoms with Gasteiger partial charge in [0, 0.05) is 19.4 Å². The Labute approximate surface area is 34.0 Å². The fourth-order valence-corrected chi connectivity index (χ4v) is 0. The van der Waals surface area contributed by atoms with Gasteiger partial charge in [0.05, 0.1) is 0 Å². The highest BCUT2D eigenvalue weighted by molar-refractivity contribution is 7.00. The van der Waals surface area contributed by atoms with Crippen molar-refractivity contribution in [3.63, 3.8) is 0 Å². The first-order valence-electron chi connectivity index (χ1n) is 0.183. The van der Waals surface area contributed by atoms with Gasteiger partial charge in [0.1, 0.15) is 0 Å². The molecule has 0 aliphatic heterocycles. The summed E-state index contributed by atoms with van der Waals surface area (Å²) < 4.78 is 7.94. The minimum atomic E-state index is 0. The molecule has 0 saturated heterocycles. The third-order valence-corrected chi connectivity index (χ3v) is 0. The summed E-state index contributed by atoms with van der Waals surface area (Å²) in [5.41, 5.74) is 0. The van der Waals surface area contributed by atoms with Gasteiger partial charge in [0.2, 0.25) is 0 Å². The molecule has 4 heteroatoms. The van der Waals surface area contributed by atoms with E-state index in [1.807, 2.05) is 0 Å². The van der Waals surface area contributed by atoms with Crippen molar-refractivity contribution in [3.8, 4) is 0 Å². The summed E-state index contributed by atoms with van der Waals surface area (Å²) in [5.74, 6) is 0. The molecule has 18 valence electrons. The average Bonchev–Trinajstić information content (AvgIpc) is 1.00. The van der Waals surface area contributed by atoms with Crippen LogP contribution < -0.4 is 0 Å². The fourth-order valence-electron chi connectivity index (χ4n) is 0. The summed E-state index contributed by atoms with van der Waals surface area (Å²) in [5, 5.41) is 0. The highest BCUT2D eigenvalue weighted by Gasteiger charge is 0.754. The monoisotopic (exact) mass is 86.0 g/mol. The van der Waals surface area contributed by atoms with Crippen molar-refractivity contribution < 1.29 is 4.57 Å². The van der Waals surface area contributed by atoms with Crippen LogP contribution >= 0.6 is 9.12 Å². The summed E-state index contributed by atoms with van der Waals surface area (Å²) in [4.78, 5) is 0. The van der Waals surface area contributed by atoms with Crippen LogP contribution in [0.5, 0.6) is 0 Å². The molecule has 0 fully saturated rings. The molecule has 0 heterocycles. The van der Waals surface area contributed by atoms with Crippen LogP contribution in [-0.2, 0) is 4.57 Å². The van der Waals surface area contributed by atoms with Crippen molar-refractivity contribution in [3.05, 3.63) is 0 Å². The van der Waals surface area contributed by atoms with Crippen molar-refractivity contribution in [2.75, 3.05) is 0 Å². The van der Waals surface area contributed by atoms with E-state index in [-0.39, 0.29) is 19.4 Å². The Balaban J connectivity index is -0.00000000500. The van der Waals surface area contributed by atoms with Crippen LogP contribution in [0.3, 0.4) is 0 Å². The molecule has 0 N–H and O–H groups in total. The van der Waals surface area contributed by atoms with E-state index < -0.39 is 0 Å². The summed E-state index contributed by atoms with van der Waals surface area (Å²) in [6.07, 6.45) is 0. The molecule has 8 radical (unpaired) electrons. The number of hydrogen-bond acceptors (Lipinski definition) is 1. The smallest absolute Gasteiger partial charge is 0.261 e. The molecule has 0 amide bonds. The zero-order valence-electron chi connectivity index (χ0n) is 1.93. The standard InChI is InChI=1S/B.OP.Si/c;1-2;. The third-order valence-electron chi connectivity index (χ3n) is 0. The Morgan fingerprint density at radius 2 is 1.25 bits per heavy atom. The molecule has 0 aromatic rings. The Hall–Kier alpha value is 0.382. The quantitative estimate of drug-likeness (QED) is 0.299. The minimum absolute atomic E-state index is 0. The van der Waals surface area contributed by atoms with Gasteiger partial charge in [0.15, 0.2) is 0 Å². The molecule has 0 rings (SSSR count). The molecule has 0 atom stereocenters. The van der Waals surface area contributed by atoms with Crippen molar-refractivity contribution >= 4 is 28.5 Å². The molecule has 0 aliphatic rings. The van der Waals surface area contributed by atoms with Gasteiger partial charge in [-0.25, -0.2) is 0 Å². The van der Waals surface area contributed by atoms with Gasteiger partial charge < -0.3 is 0 Å². The molecular formula is BOPSi. The van der Waals surface area contributed by atoms with E-state index in [1.54, 1.807) is 0 Å². The first-order chi connectivity index (χ1) is 1.00. The van der Waals surface area contributed by atoms with E-state index in [0.717, 1.165) is 0 Å². The third kappa shape index (κ3) is 31.2. The van der Waals surface area contributed by atoms with Gasteiger partial charge in [-0.1, -0.05) is 0 Å². The second kappa shape index (κ2) is 132. The Morgan fingerprint density at radius 3 is 1.25 bits per heavy atom. The van der Waals surface area contributed by atoms with E-state index >= 15 is 0 Å². The molecule has 0 unspecified atom stereocenters. The maximum Gasteiger partial charge on any atom is 0.261 e. The van der Waals surface area contributed by atoms with Crippen LogP contribution in [0, 0.1) is 0 Å². The fraction of sp³-hybridized carbons (Fsp3) is 0. The predicted molar refractivity (Wildman–Crippen MR) is 19.1 cm³/mol. The highest BCUT2D eigenvalue weighted by atomic mass is 31.0. The van der Waals surface area contributed by atoms with Gasteiger partial charge in [-0.05, 0) is 0 Å². The molecule has 1 nitrogen and oxygen atoms in total. The molecular weight excluding hydrogens is 85.9 g/mol. The van der Waals surface area contributed by atoms with E-state index in [9.17, 15) is 0 Å². The molecule has 0 bridgehead atoms. The lowest BCUT2D eigenvalue weighted by Crippen LogP contribution is -0.489. The summed E-state index contributed by atoms with van der Waals surface area (Å²) >= 11 is 0. The van der Waals surface area contributed by atoms with Crippen molar-refractivity contribution in [2.45, 2.75) is 0 Å². The largest absolute Gasteiger partial charge is 0.261 e. The van der Waals surface area contributed by atoms with Gasteiger partial charge in [-0.2, -0.15) is 0 Å². The molecule has 0 aromatic heterocycles. The lowest BCUT2D eigenvalue weighted by atomic mass is 10.8.